The molecule has 5 atom stereocenters. The molecule has 0 saturated carbocycles. The van der Waals surface area contributed by atoms with Crippen LogP contribution in [0.25, 0.3) is 0 Å². The van der Waals surface area contributed by atoms with Gasteiger partial charge in [0.2, 0.25) is 0 Å². The summed E-state index contributed by atoms with van der Waals surface area (Å²) in [5.41, 5.74) is 2.20. The molecule has 3 N–H and O–H groups in total. The first kappa shape index (κ1) is 30.3. The molecule has 2 amide bonds. The minimum Gasteiger partial charge on any atom is -0.455 e. The molecule has 0 aliphatic carbocycles. The number of anilines is 1. The van der Waals surface area contributed by atoms with Crippen LogP contribution in [0.15, 0.2) is 60.7 Å². The number of halogens is 3. The molecule has 0 aromatic heterocycles. The highest BCUT2D eigenvalue weighted by Gasteiger charge is 2.49. The lowest BCUT2D eigenvalue weighted by molar-refractivity contribution is -0.156. The van der Waals surface area contributed by atoms with Gasteiger partial charge in [-0.1, -0.05) is 65.1 Å². The molecule has 0 bridgehead atoms. The molecule has 2 fully saturated rings. The molecule has 12 heteroatoms. The van der Waals surface area contributed by atoms with E-state index in [9.17, 15) is 19.5 Å². The van der Waals surface area contributed by atoms with Crippen LogP contribution in [0.1, 0.15) is 31.8 Å². The highest BCUT2D eigenvalue weighted by Crippen LogP contribution is 2.30. The van der Waals surface area contributed by atoms with Gasteiger partial charge in [0.05, 0.1) is 39.4 Å². The van der Waals surface area contributed by atoms with Crippen LogP contribution in [0, 0.1) is 6.92 Å². The Bertz CT molecular complexity index is 1460. The van der Waals surface area contributed by atoms with Crippen molar-refractivity contribution in [2.75, 3.05) is 18.5 Å². The number of nitrogens with one attached hydrogen (secondary N) is 2. The fourth-order valence-corrected chi connectivity index (χ4v) is 5.86. The topological polar surface area (TPSA) is 123 Å². The van der Waals surface area contributed by atoms with E-state index in [4.69, 9.17) is 49.0 Å². The molecule has 3 aromatic carbocycles. The average Bonchev–Trinajstić information content (AvgIpc) is 3.51. The lowest BCUT2D eigenvalue weighted by Gasteiger charge is -2.23. The second-order valence-corrected chi connectivity index (χ2v) is 11.3. The zero-order chi connectivity index (χ0) is 30.0. The van der Waals surface area contributed by atoms with Crippen molar-refractivity contribution >= 4 is 58.3 Å². The minimum atomic E-state index is -1.10. The van der Waals surface area contributed by atoms with E-state index in [-0.39, 0.29) is 45.8 Å². The average molecular weight is 634 g/mol. The third kappa shape index (κ3) is 6.57. The molecule has 220 valence electrons. The first-order chi connectivity index (χ1) is 20.1. The van der Waals surface area contributed by atoms with E-state index in [0.29, 0.717) is 16.8 Å². The molecule has 0 spiro atoms. The maximum Gasteiger partial charge on any atom is 0.329 e. The van der Waals surface area contributed by atoms with Gasteiger partial charge in [-0.15, -0.1) is 0 Å². The molecule has 9 nitrogen and oxygen atoms in total. The van der Waals surface area contributed by atoms with Crippen molar-refractivity contribution in [2.45, 2.75) is 43.8 Å². The molecule has 2 aliphatic heterocycles. The van der Waals surface area contributed by atoms with E-state index in [1.54, 1.807) is 67.6 Å². The fraction of sp³-hybridized carbons (Fsp3) is 0.300. The Morgan fingerprint density at radius 1 is 0.881 bits per heavy atom. The van der Waals surface area contributed by atoms with E-state index in [1.165, 1.54) is 0 Å². The van der Waals surface area contributed by atoms with Crippen LogP contribution in [0.2, 0.25) is 15.1 Å². The summed E-state index contributed by atoms with van der Waals surface area (Å²) in [7, 11) is 0. The first-order valence-corrected chi connectivity index (χ1v) is 14.3. The summed E-state index contributed by atoms with van der Waals surface area (Å²) in [4.78, 5) is 39.4. The van der Waals surface area contributed by atoms with Gasteiger partial charge in [0.25, 0.3) is 11.8 Å². The number of benzene rings is 3. The second-order valence-electron chi connectivity index (χ2n) is 10.0. The minimum absolute atomic E-state index is 0.0618. The van der Waals surface area contributed by atoms with Gasteiger partial charge >= 0.3 is 5.97 Å². The van der Waals surface area contributed by atoms with Gasteiger partial charge in [-0.3, -0.25) is 9.59 Å². The molecule has 3 aromatic rings. The summed E-state index contributed by atoms with van der Waals surface area (Å²) in [6.45, 7) is 1.89. The normalized spacial score (nSPS) is 21.8. The number of aryl methyl sites for hydroxylation is 1. The van der Waals surface area contributed by atoms with Crippen molar-refractivity contribution in [1.29, 1.82) is 0 Å². The Balaban J connectivity index is 1.32. The number of carbonyl (C=O) groups is 3. The number of amides is 2. The molecule has 5 rings (SSSR count). The largest absolute Gasteiger partial charge is 0.455 e. The Morgan fingerprint density at radius 2 is 1.50 bits per heavy atom. The van der Waals surface area contributed by atoms with E-state index < -0.39 is 48.2 Å². The van der Waals surface area contributed by atoms with Gasteiger partial charge in [-0.2, -0.15) is 0 Å². The van der Waals surface area contributed by atoms with Gasteiger partial charge in [0.15, 0.2) is 6.10 Å². The Kier molecular flexibility index (Phi) is 9.37. The molecule has 42 heavy (non-hydrogen) atoms. The van der Waals surface area contributed by atoms with E-state index in [0.717, 1.165) is 0 Å². The maximum absolute atomic E-state index is 13.4. The Hall–Kier alpha value is -3.18. The van der Waals surface area contributed by atoms with Crippen molar-refractivity contribution in [3.05, 3.63) is 98.0 Å². The lowest BCUT2D eigenvalue weighted by atomic mass is 10.0. The summed E-state index contributed by atoms with van der Waals surface area (Å²) >= 11 is 18.6. The van der Waals surface area contributed by atoms with E-state index in [1.807, 2.05) is 0 Å². The molecule has 0 radical (unpaired) electrons. The summed E-state index contributed by atoms with van der Waals surface area (Å²) in [6, 6.07) is 15.5. The van der Waals surface area contributed by atoms with Crippen LogP contribution < -0.4 is 10.6 Å². The first-order valence-electron chi connectivity index (χ1n) is 13.1. The van der Waals surface area contributed by atoms with Crippen LogP contribution in [0.3, 0.4) is 0 Å². The number of fused-ring (bicyclic) bond motifs is 1. The molecule has 1 unspecified atom stereocenters. The van der Waals surface area contributed by atoms with Crippen LogP contribution in [0.5, 0.6) is 0 Å². The molecule has 2 aliphatic rings. The summed E-state index contributed by atoms with van der Waals surface area (Å²) < 4.78 is 16.9. The van der Waals surface area contributed by atoms with E-state index in [2.05, 4.69) is 10.6 Å². The number of carbonyl (C=O) groups excluding carboxylic acids is 3. The van der Waals surface area contributed by atoms with Gasteiger partial charge in [0, 0.05) is 12.1 Å². The smallest absolute Gasteiger partial charge is 0.329 e. The third-order valence-electron chi connectivity index (χ3n) is 7.13. The Morgan fingerprint density at radius 3 is 2.17 bits per heavy atom. The SMILES string of the molecule is Cc1cccc(Cl)c1C(=O)NC(Cc1ccc(NC(=O)c2c(Cl)cccc2Cl)cc1)C(=O)O[C@H]1CO[C@H]2[C@@H]1OC[C@@H]2O. The van der Waals surface area contributed by atoms with Crippen molar-refractivity contribution in [3.63, 3.8) is 0 Å². The fourth-order valence-electron chi connectivity index (χ4n) is 4.99. The number of aliphatic hydroxyl groups is 1. The van der Waals surface area contributed by atoms with Crippen LogP contribution in [0.4, 0.5) is 5.69 Å². The maximum atomic E-state index is 13.4. The molecular weight excluding hydrogens is 607 g/mol. The number of hydrogen-bond acceptors (Lipinski definition) is 7. The standard InChI is InChI=1S/C30H27Cl3N2O7/c1-15-4-2-5-18(31)24(15)28(37)35-21(30(39)42-23-14-41-26-22(36)13-40-27(23)26)12-16-8-10-17(11-9-16)34-29(38)25-19(32)6-3-7-20(25)33/h2-11,21-23,26-27,36H,12-14H2,1H3,(H,34,38)(H,35,37)/t21?,22-,23-,26+,27+/m0/s1. The molecule has 2 saturated heterocycles. The highest BCUT2D eigenvalue weighted by atomic mass is 35.5. The number of rotatable bonds is 8. The zero-order valence-electron chi connectivity index (χ0n) is 22.3. The van der Waals surface area contributed by atoms with Crippen molar-refractivity contribution in [3.8, 4) is 0 Å². The van der Waals surface area contributed by atoms with Crippen LogP contribution >= 0.6 is 34.8 Å². The predicted molar refractivity (Wildman–Crippen MR) is 157 cm³/mol. The van der Waals surface area contributed by atoms with Crippen molar-refractivity contribution in [1.82, 2.24) is 5.32 Å². The number of esters is 1. The van der Waals surface area contributed by atoms with Crippen LogP contribution in [-0.4, -0.2) is 66.6 Å². The van der Waals surface area contributed by atoms with Crippen molar-refractivity contribution in [2.24, 2.45) is 0 Å². The molecule has 2 heterocycles. The highest BCUT2D eigenvalue weighted by molar-refractivity contribution is 6.40. The summed E-state index contributed by atoms with van der Waals surface area (Å²) in [5.74, 6) is -1.70. The zero-order valence-corrected chi connectivity index (χ0v) is 24.6. The monoisotopic (exact) mass is 632 g/mol. The third-order valence-corrected chi connectivity index (χ3v) is 8.07. The van der Waals surface area contributed by atoms with Gasteiger partial charge in [-0.25, -0.2) is 4.79 Å². The number of aliphatic hydroxyl groups excluding tert-OH is 1. The van der Waals surface area contributed by atoms with E-state index >= 15 is 0 Å². The van der Waals surface area contributed by atoms with Gasteiger partial charge in [0.1, 0.15) is 24.4 Å². The summed E-state index contributed by atoms with van der Waals surface area (Å²) in [5, 5.41) is 16.2. The van der Waals surface area contributed by atoms with Gasteiger partial charge in [-0.05, 0) is 48.4 Å². The Labute approximate surface area is 257 Å². The predicted octanol–water partition coefficient (Wildman–Crippen LogP) is 4.62. The number of ether oxygens (including phenoxy) is 3. The number of hydrogen-bond donors (Lipinski definition) is 3. The van der Waals surface area contributed by atoms with Gasteiger partial charge < -0.3 is 30.0 Å². The van der Waals surface area contributed by atoms with Crippen LogP contribution in [-0.2, 0) is 25.4 Å². The summed E-state index contributed by atoms with van der Waals surface area (Å²) in [6.07, 6.45) is -2.64. The lowest BCUT2D eigenvalue weighted by Crippen LogP contribution is -2.46. The quantitative estimate of drug-likeness (QED) is 0.310. The second kappa shape index (κ2) is 13.0. The van der Waals surface area contributed by atoms with Crippen molar-refractivity contribution < 1.29 is 33.7 Å². The molecular formula is C30H27Cl3N2O7.